The van der Waals surface area contributed by atoms with Gasteiger partial charge in [-0.25, -0.2) is 9.97 Å². The van der Waals surface area contributed by atoms with E-state index < -0.39 is 5.91 Å². The third-order valence-corrected chi connectivity index (χ3v) is 6.47. The molecule has 36 heavy (non-hydrogen) atoms. The number of methoxy groups -OCH3 is 1. The van der Waals surface area contributed by atoms with Gasteiger partial charge in [0, 0.05) is 62.8 Å². The second-order valence-electron chi connectivity index (χ2n) is 8.13. The molecular formula is C24H26BrN7O4. The first-order chi connectivity index (χ1) is 17.5. The fraction of sp³-hybridized carbons (Fsp3) is 0.375. The summed E-state index contributed by atoms with van der Waals surface area (Å²) >= 11 is 3.40. The second-order valence-corrected chi connectivity index (χ2v) is 8.99. The molecule has 4 heterocycles. The van der Waals surface area contributed by atoms with Crippen molar-refractivity contribution in [3.63, 3.8) is 0 Å². The first-order valence-electron chi connectivity index (χ1n) is 11.4. The van der Waals surface area contributed by atoms with E-state index in [1.165, 1.54) is 6.20 Å². The lowest BCUT2D eigenvalue weighted by molar-refractivity contribution is 0.0365. The summed E-state index contributed by atoms with van der Waals surface area (Å²) in [5, 5.41) is 15.3. The van der Waals surface area contributed by atoms with E-state index in [4.69, 9.17) is 9.47 Å². The third kappa shape index (κ3) is 5.88. The van der Waals surface area contributed by atoms with Crippen LogP contribution in [0.1, 0.15) is 26.4 Å². The number of carbonyl (C=O) groups excluding carboxylic acids is 2. The molecule has 0 atom stereocenters. The largest absolute Gasteiger partial charge is 0.383 e. The topological polar surface area (TPSA) is 134 Å². The van der Waals surface area contributed by atoms with Gasteiger partial charge in [-0.05, 0) is 22.0 Å². The summed E-state index contributed by atoms with van der Waals surface area (Å²) in [7, 11) is 1.59. The highest BCUT2D eigenvalue weighted by Crippen LogP contribution is 2.26. The van der Waals surface area contributed by atoms with E-state index in [-0.39, 0.29) is 11.5 Å². The Morgan fingerprint density at radius 2 is 2.14 bits per heavy atom. The Bertz CT molecular complexity index is 1300. The summed E-state index contributed by atoms with van der Waals surface area (Å²) in [5.74, 6) is -0.141. The zero-order chi connectivity index (χ0) is 25.5. The molecule has 1 aliphatic rings. The highest BCUT2D eigenvalue weighted by molar-refractivity contribution is 9.10. The van der Waals surface area contributed by atoms with Gasteiger partial charge in [0.25, 0.3) is 5.91 Å². The maximum atomic E-state index is 13.3. The van der Waals surface area contributed by atoms with E-state index in [1.807, 2.05) is 4.57 Å². The predicted molar refractivity (Wildman–Crippen MR) is 137 cm³/mol. The Hall–Kier alpha value is -3.37. The number of ether oxygens (including phenoxy) is 2. The molecule has 1 amide bonds. The van der Waals surface area contributed by atoms with Crippen molar-refractivity contribution < 1.29 is 19.1 Å². The lowest BCUT2D eigenvalue weighted by Gasteiger charge is -2.26. The Morgan fingerprint density at radius 3 is 2.86 bits per heavy atom. The SMILES string of the molecule is COCCNc1cc(NC(=O)c2cn(CCN3CCOCC3)c3cc(Br)c(C=O)nc23)ncc1C#N. The minimum absolute atomic E-state index is 0.212. The quantitative estimate of drug-likeness (QED) is 0.285. The average Bonchev–Trinajstić information content (AvgIpc) is 3.25. The van der Waals surface area contributed by atoms with Gasteiger partial charge < -0.3 is 24.7 Å². The summed E-state index contributed by atoms with van der Waals surface area (Å²) < 4.78 is 13.0. The fourth-order valence-corrected chi connectivity index (χ4v) is 4.33. The van der Waals surface area contributed by atoms with Crippen molar-refractivity contribution in [1.29, 1.82) is 5.26 Å². The lowest BCUT2D eigenvalue weighted by Crippen LogP contribution is -2.38. The van der Waals surface area contributed by atoms with Crippen molar-refractivity contribution in [2.45, 2.75) is 6.54 Å². The number of aldehydes is 1. The molecule has 0 saturated carbocycles. The number of hydrogen-bond acceptors (Lipinski definition) is 9. The molecule has 0 spiro atoms. The van der Waals surface area contributed by atoms with Crippen molar-refractivity contribution in [3.05, 3.63) is 45.8 Å². The van der Waals surface area contributed by atoms with Crippen molar-refractivity contribution in [3.8, 4) is 6.07 Å². The second kappa shape index (κ2) is 12.0. The molecule has 0 aromatic carbocycles. The van der Waals surface area contributed by atoms with Gasteiger partial charge in [0.1, 0.15) is 23.1 Å². The normalized spacial score (nSPS) is 13.9. The van der Waals surface area contributed by atoms with Crippen LogP contribution in [0.25, 0.3) is 11.0 Å². The highest BCUT2D eigenvalue weighted by Gasteiger charge is 2.20. The number of nitriles is 1. The first-order valence-corrected chi connectivity index (χ1v) is 12.2. The number of nitrogens with zero attached hydrogens (tertiary/aromatic N) is 5. The Morgan fingerprint density at radius 1 is 1.33 bits per heavy atom. The molecule has 3 aromatic rings. The number of hydrogen-bond donors (Lipinski definition) is 2. The van der Waals surface area contributed by atoms with E-state index >= 15 is 0 Å². The van der Waals surface area contributed by atoms with Crippen LogP contribution in [-0.4, -0.2) is 84.7 Å². The number of anilines is 2. The van der Waals surface area contributed by atoms with E-state index in [1.54, 1.807) is 25.4 Å². The van der Waals surface area contributed by atoms with E-state index in [0.717, 1.165) is 25.2 Å². The molecule has 2 N–H and O–H groups in total. The molecular weight excluding hydrogens is 530 g/mol. The average molecular weight is 556 g/mol. The van der Waals surface area contributed by atoms with Crippen molar-refractivity contribution >= 4 is 50.7 Å². The number of halogens is 1. The van der Waals surface area contributed by atoms with E-state index in [0.29, 0.717) is 66.0 Å². The van der Waals surface area contributed by atoms with Crippen LogP contribution in [-0.2, 0) is 16.0 Å². The van der Waals surface area contributed by atoms with Crippen molar-refractivity contribution in [2.24, 2.45) is 0 Å². The van der Waals surface area contributed by atoms with Gasteiger partial charge in [-0.15, -0.1) is 0 Å². The monoisotopic (exact) mass is 555 g/mol. The Labute approximate surface area is 216 Å². The number of rotatable bonds is 10. The predicted octanol–water partition coefficient (Wildman–Crippen LogP) is 2.52. The first kappa shape index (κ1) is 25.7. The molecule has 11 nitrogen and oxygen atoms in total. The molecule has 1 saturated heterocycles. The molecule has 0 aliphatic carbocycles. The molecule has 0 bridgehead atoms. The number of morpholine rings is 1. The number of nitrogens with one attached hydrogen (secondary N) is 2. The van der Waals surface area contributed by atoms with E-state index in [9.17, 15) is 14.9 Å². The van der Waals surface area contributed by atoms with Gasteiger partial charge >= 0.3 is 0 Å². The molecule has 188 valence electrons. The summed E-state index contributed by atoms with van der Waals surface area (Å²) in [6.45, 7) is 5.50. The van der Waals surface area contributed by atoms with Crippen LogP contribution in [0, 0.1) is 11.3 Å². The molecule has 0 unspecified atom stereocenters. The van der Waals surface area contributed by atoms with Gasteiger partial charge in [0.2, 0.25) is 0 Å². The smallest absolute Gasteiger partial charge is 0.260 e. The van der Waals surface area contributed by atoms with Crippen molar-refractivity contribution in [2.75, 3.05) is 63.7 Å². The zero-order valence-electron chi connectivity index (χ0n) is 19.8. The van der Waals surface area contributed by atoms with E-state index in [2.05, 4.69) is 47.5 Å². The van der Waals surface area contributed by atoms with Crippen LogP contribution in [0.2, 0.25) is 0 Å². The maximum Gasteiger partial charge on any atom is 0.260 e. The van der Waals surface area contributed by atoms with Crippen LogP contribution in [0.4, 0.5) is 11.5 Å². The minimum Gasteiger partial charge on any atom is -0.383 e. The highest BCUT2D eigenvalue weighted by atomic mass is 79.9. The van der Waals surface area contributed by atoms with Crippen LogP contribution in [0.3, 0.4) is 0 Å². The Kier molecular flexibility index (Phi) is 8.61. The zero-order valence-corrected chi connectivity index (χ0v) is 21.4. The van der Waals surface area contributed by atoms with Crippen LogP contribution < -0.4 is 10.6 Å². The number of carbonyl (C=O) groups is 2. The van der Waals surface area contributed by atoms with Gasteiger partial charge in [-0.1, -0.05) is 0 Å². The van der Waals surface area contributed by atoms with Crippen LogP contribution in [0.5, 0.6) is 0 Å². The number of amides is 1. The van der Waals surface area contributed by atoms with Crippen LogP contribution in [0.15, 0.2) is 29.0 Å². The molecule has 1 aliphatic heterocycles. The minimum atomic E-state index is -0.420. The number of pyridine rings is 2. The molecule has 4 rings (SSSR count). The van der Waals surface area contributed by atoms with Crippen molar-refractivity contribution in [1.82, 2.24) is 19.4 Å². The van der Waals surface area contributed by atoms with Gasteiger partial charge in [-0.2, -0.15) is 5.26 Å². The summed E-state index contributed by atoms with van der Waals surface area (Å²) in [5.41, 5.74) is 2.59. The third-order valence-electron chi connectivity index (χ3n) is 5.84. The fourth-order valence-electron chi connectivity index (χ4n) is 3.94. The number of fused-ring (bicyclic) bond motifs is 1. The molecule has 3 aromatic heterocycles. The van der Waals surface area contributed by atoms with Gasteiger partial charge in [-0.3, -0.25) is 14.5 Å². The molecule has 12 heteroatoms. The van der Waals surface area contributed by atoms with Gasteiger partial charge in [0.15, 0.2) is 6.29 Å². The molecule has 1 fully saturated rings. The number of aromatic nitrogens is 3. The Balaban J connectivity index is 1.61. The molecule has 0 radical (unpaired) electrons. The summed E-state index contributed by atoms with van der Waals surface area (Å²) in [6, 6.07) is 5.49. The summed E-state index contributed by atoms with van der Waals surface area (Å²) in [4.78, 5) is 35.8. The summed E-state index contributed by atoms with van der Waals surface area (Å²) in [6.07, 6.45) is 3.79. The van der Waals surface area contributed by atoms with Crippen LogP contribution >= 0.6 is 15.9 Å². The maximum absolute atomic E-state index is 13.3. The lowest BCUT2D eigenvalue weighted by atomic mass is 10.2. The standard InChI is InChI=1S/C24H26BrN7O4/c1-35-7-2-27-19-11-22(28-13-16(19)12-26)30-24(34)17-14-32(4-3-31-5-8-36-9-6-31)21-10-18(25)20(15-33)29-23(17)21/h10-11,13-15H,2-9H2,1H3,(H2,27,28,30,34). The van der Waals surface area contributed by atoms with Gasteiger partial charge in [0.05, 0.1) is 42.2 Å².